The van der Waals surface area contributed by atoms with Crippen LogP contribution in [0.2, 0.25) is 0 Å². The Morgan fingerprint density at radius 2 is 1.96 bits per heavy atom. The highest BCUT2D eigenvalue weighted by molar-refractivity contribution is 5.62. The van der Waals surface area contributed by atoms with E-state index in [9.17, 15) is 0 Å². The number of nitrogens with one attached hydrogen (secondary N) is 2. The summed E-state index contributed by atoms with van der Waals surface area (Å²) in [6.07, 6.45) is 2.78. The summed E-state index contributed by atoms with van der Waals surface area (Å²) in [5.74, 6) is 2.88. The molecule has 0 saturated heterocycles. The van der Waals surface area contributed by atoms with E-state index in [2.05, 4.69) is 39.6 Å². The van der Waals surface area contributed by atoms with E-state index in [-0.39, 0.29) is 0 Å². The number of hydrogen-bond acceptors (Lipinski definition) is 7. The summed E-state index contributed by atoms with van der Waals surface area (Å²) in [5, 5.41) is 6.51. The van der Waals surface area contributed by atoms with Gasteiger partial charge in [0.15, 0.2) is 11.5 Å². The maximum Gasteiger partial charge on any atom is 0.224 e. The molecule has 0 amide bonds. The molecule has 2 aromatic rings. The first-order valence-corrected chi connectivity index (χ1v) is 8.09. The van der Waals surface area contributed by atoms with Gasteiger partial charge in [-0.25, -0.2) is 4.98 Å². The zero-order chi connectivity index (χ0) is 16.8. The maximum absolute atomic E-state index is 5.60. The number of ether oxygens (including phenoxy) is 2. The number of hydrogen-bond donors (Lipinski definition) is 2. The normalized spacial score (nSPS) is 13.0. The molecule has 2 N–H and O–H groups in total. The van der Waals surface area contributed by atoms with Gasteiger partial charge in [0, 0.05) is 24.5 Å². The van der Waals surface area contributed by atoms with Gasteiger partial charge in [-0.1, -0.05) is 0 Å². The van der Waals surface area contributed by atoms with E-state index < -0.39 is 0 Å². The second-order valence-electron chi connectivity index (χ2n) is 5.83. The summed E-state index contributed by atoms with van der Waals surface area (Å²) in [5.41, 5.74) is 0.900. The van der Waals surface area contributed by atoms with Crippen LogP contribution in [0, 0.1) is 0 Å². The van der Waals surface area contributed by atoms with Gasteiger partial charge in [-0.05, 0) is 45.3 Å². The van der Waals surface area contributed by atoms with Gasteiger partial charge in [-0.2, -0.15) is 4.98 Å². The Morgan fingerprint density at radius 1 is 1.12 bits per heavy atom. The van der Waals surface area contributed by atoms with E-state index in [1.807, 2.05) is 24.3 Å². The predicted octanol–water partition coefficient (Wildman–Crippen LogP) is 2.35. The Bertz CT molecular complexity index is 678. The average Bonchev–Trinajstić information content (AvgIpc) is 2.59. The lowest BCUT2D eigenvalue weighted by atomic mass is 10.2. The van der Waals surface area contributed by atoms with Crippen LogP contribution in [0.1, 0.15) is 6.42 Å². The van der Waals surface area contributed by atoms with Crippen molar-refractivity contribution >= 4 is 17.5 Å². The number of rotatable bonds is 7. The molecule has 0 fully saturated rings. The van der Waals surface area contributed by atoms with Crippen LogP contribution in [-0.4, -0.2) is 55.3 Å². The van der Waals surface area contributed by atoms with Crippen molar-refractivity contribution in [2.24, 2.45) is 0 Å². The second-order valence-corrected chi connectivity index (χ2v) is 5.83. The van der Waals surface area contributed by atoms with Crippen molar-refractivity contribution in [3.05, 3.63) is 30.5 Å². The van der Waals surface area contributed by atoms with Gasteiger partial charge < -0.3 is 25.0 Å². The van der Waals surface area contributed by atoms with Gasteiger partial charge in [0.05, 0.1) is 0 Å². The molecule has 3 rings (SSSR count). The molecule has 7 nitrogen and oxygen atoms in total. The quantitative estimate of drug-likeness (QED) is 0.756. The minimum absolute atomic E-state index is 0.574. The monoisotopic (exact) mass is 329 g/mol. The Kier molecular flexibility index (Phi) is 5.32. The Labute approximate surface area is 142 Å². The third kappa shape index (κ3) is 4.48. The van der Waals surface area contributed by atoms with Crippen molar-refractivity contribution < 1.29 is 9.47 Å². The van der Waals surface area contributed by atoms with E-state index >= 15 is 0 Å². The lowest BCUT2D eigenvalue weighted by Crippen LogP contribution is -2.17. The molecular formula is C17H23N5O2. The topological polar surface area (TPSA) is 71.5 Å². The minimum Gasteiger partial charge on any atom is -0.486 e. The van der Waals surface area contributed by atoms with Crippen LogP contribution in [-0.2, 0) is 0 Å². The molecule has 1 aliphatic heterocycles. The van der Waals surface area contributed by atoms with Crippen LogP contribution in [0.5, 0.6) is 11.5 Å². The Balaban J connectivity index is 1.60. The van der Waals surface area contributed by atoms with Gasteiger partial charge in [0.25, 0.3) is 0 Å². The third-order valence-electron chi connectivity index (χ3n) is 3.54. The van der Waals surface area contributed by atoms with Gasteiger partial charge >= 0.3 is 0 Å². The highest BCUT2D eigenvalue weighted by Gasteiger charge is 2.12. The lowest BCUT2D eigenvalue weighted by Gasteiger charge is -2.19. The highest BCUT2D eigenvalue weighted by atomic mass is 16.6. The number of anilines is 3. The Hall–Kier alpha value is -2.54. The molecule has 7 heteroatoms. The highest BCUT2D eigenvalue weighted by Crippen LogP contribution is 2.33. The first-order chi connectivity index (χ1) is 11.7. The molecule has 0 atom stereocenters. The number of benzene rings is 1. The molecule has 128 valence electrons. The number of fused-ring (bicyclic) bond motifs is 1. The molecule has 2 heterocycles. The molecular weight excluding hydrogens is 306 g/mol. The molecule has 1 aromatic carbocycles. The van der Waals surface area contributed by atoms with Crippen molar-refractivity contribution in [1.82, 2.24) is 14.9 Å². The third-order valence-corrected chi connectivity index (χ3v) is 3.54. The van der Waals surface area contributed by atoms with Crippen LogP contribution in [0.15, 0.2) is 30.5 Å². The molecule has 0 saturated carbocycles. The van der Waals surface area contributed by atoms with E-state index in [0.29, 0.717) is 19.2 Å². The number of aromatic nitrogens is 2. The van der Waals surface area contributed by atoms with Crippen LogP contribution in [0.4, 0.5) is 17.5 Å². The van der Waals surface area contributed by atoms with Crippen molar-refractivity contribution in [3.63, 3.8) is 0 Å². The molecule has 0 unspecified atom stereocenters. The largest absolute Gasteiger partial charge is 0.486 e. The van der Waals surface area contributed by atoms with Crippen LogP contribution in [0.25, 0.3) is 0 Å². The zero-order valence-electron chi connectivity index (χ0n) is 14.1. The first-order valence-electron chi connectivity index (χ1n) is 8.09. The van der Waals surface area contributed by atoms with Gasteiger partial charge in [-0.15, -0.1) is 0 Å². The van der Waals surface area contributed by atoms with E-state index in [4.69, 9.17) is 9.47 Å². The standard InChI is InChI=1S/C17H23N5O2/c1-22(2)9-3-7-18-17-19-8-6-16(21-17)20-13-4-5-14-15(12-13)24-11-10-23-14/h4-6,8,12H,3,7,9-11H2,1-2H3,(H2,18,19,20,21). The van der Waals surface area contributed by atoms with Gasteiger partial charge in [0.2, 0.25) is 5.95 Å². The summed E-state index contributed by atoms with van der Waals surface area (Å²) in [4.78, 5) is 10.9. The van der Waals surface area contributed by atoms with Crippen LogP contribution in [0.3, 0.4) is 0 Å². The average molecular weight is 329 g/mol. The summed E-state index contributed by atoms with van der Waals surface area (Å²) in [6, 6.07) is 7.60. The fourth-order valence-corrected chi connectivity index (χ4v) is 2.38. The fourth-order valence-electron chi connectivity index (χ4n) is 2.38. The lowest BCUT2D eigenvalue weighted by molar-refractivity contribution is 0.171. The van der Waals surface area contributed by atoms with Crippen LogP contribution < -0.4 is 20.1 Å². The van der Waals surface area contributed by atoms with Crippen molar-refractivity contribution in [2.45, 2.75) is 6.42 Å². The number of nitrogens with zero attached hydrogens (tertiary/aromatic N) is 3. The summed E-state index contributed by atoms with van der Waals surface area (Å²) >= 11 is 0. The van der Waals surface area contributed by atoms with E-state index in [0.717, 1.165) is 42.5 Å². The first kappa shape index (κ1) is 16.3. The van der Waals surface area contributed by atoms with E-state index in [1.165, 1.54) is 0 Å². The fraction of sp³-hybridized carbons (Fsp3) is 0.412. The predicted molar refractivity (Wildman–Crippen MR) is 94.4 cm³/mol. The molecule has 1 aliphatic rings. The SMILES string of the molecule is CN(C)CCCNc1nccc(Nc2ccc3c(c2)OCCO3)n1. The second kappa shape index (κ2) is 7.83. The molecule has 0 bridgehead atoms. The van der Waals surface area contributed by atoms with Gasteiger partial charge in [-0.3, -0.25) is 0 Å². The minimum atomic E-state index is 0.574. The van der Waals surface area contributed by atoms with E-state index in [1.54, 1.807) is 6.20 Å². The summed E-state index contributed by atoms with van der Waals surface area (Å²) in [7, 11) is 4.13. The summed E-state index contributed by atoms with van der Waals surface area (Å²) < 4.78 is 11.1. The molecule has 24 heavy (non-hydrogen) atoms. The van der Waals surface area contributed by atoms with Crippen molar-refractivity contribution in [1.29, 1.82) is 0 Å². The summed E-state index contributed by atoms with van der Waals surface area (Å²) in [6.45, 7) is 3.04. The van der Waals surface area contributed by atoms with Crippen LogP contribution >= 0.6 is 0 Å². The molecule has 0 aliphatic carbocycles. The van der Waals surface area contributed by atoms with Crippen molar-refractivity contribution in [2.75, 3.05) is 51.0 Å². The Morgan fingerprint density at radius 3 is 2.79 bits per heavy atom. The molecule has 0 radical (unpaired) electrons. The molecule has 1 aromatic heterocycles. The maximum atomic E-state index is 5.60. The zero-order valence-corrected chi connectivity index (χ0v) is 14.1. The van der Waals surface area contributed by atoms with Crippen molar-refractivity contribution in [3.8, 4) is 11.5 Å². The van der Waals surface area contributed by atoms with Gasteiger partial charge in [0.1, 0.15) is 19.0 Å². The molecule has 0 spiro atoms. The smallest absolute Gasteiger partial charge is 0.224 e.